The highest BCUT2D eigenvalue weighted by molar-refractivity contribution is 7.33. The molecule has 0 spiro atoms. The van der Waals surface area contributed by atoms with Crippen molar-refractivity contribution in [1.29, 1.82) is 0 Å². The van der Waals surface area contributed by atoms with Gasteiger partial charge in [0.1, 0.15) is 30.1 Å². The van der Waals surface area contributed by atoms with E-state index in [2.05, 4.69) is 25.2 Å². The summed E-state index contributed by atoms with van der Waals surface area (Å²) in [5.74, 6) is -0.0392. The zero-order valence-electron chi connectivity index (χ0n) is 22.5. The van der Waals surface area contributed by atoms with Crippen LogP contribution in [0.2, 0.25) is 0 Å². The highest BCUT2D eigenvalue weighted by Crippen LogP contribution is 2.43. The molecule has 5 rings (SSSR count). The van der Waals surface area contributed by atoms with Crippen molar-refractivity contribution >= 4 is 37.1 Å². The van der Waals surface area contributed by atoms with E-state index in [0.29, 0.717) is 22.7 Å². The third-order valence-corrected chi connectivity index (χ3v) is 7.54. The summed E-state index contributed by atoms with van der Waals surface area (Å²) < 4.78 is 34.1. The third-order valence-electron chi connectivity index (χ3n) is 6.91. The zero-order valence-corrected chi connectivity index (χ0v) is 23.4. The van der Waals surface area contributed by atoms with Crippen molar-refractivity contribution in [3.63, 3.8) is 0 Å². The number of nitrogens with one attached hydrogen (secondary N) is 1. The van der Waals surface area contributed by atoms with E-state index < -0.39 is 43.8 Å². The van der Waals surface area contributed by atoms with Gasteiger partial charge in [0.15, 0.2) is 34.6 Å². The van der Waals surface area contributed by atoms with Crippen molar-refractivity contribution in [2.45, 2.75) is 56.8 Å². The molecule has 0 bridgehead atoms. The van der Waals surface area contributed by atoms with Gasteiger partial charge in [0, 0.05) is 17.9 Å². The molecule has 1 aromatic carbocycles. The van der Waals surface area contributed by atoms with Gasteiger partial charge >= 0.3 is 14.1 Å². The molecule has 0 aliphatic carbocycles. The SMILES string of the molecule is CC(C)(N/N=[P+](\[O-])Oc1ccc(OC[C@H]2O[C@@H](n3cnc4c(N5CCC5)nc(N)nc43)[C@](C)(F)[C@@H]2O)cc1)C(=O)O. The van der Waals surface area contributed by atoms with Gasteiger partial charge in [0.25, 0.3) is 0 Å². The third kappa shape index (κ3) is 5.74. The van der Waals surface area contributed by atoms with Gasteiger partial charge in [0.05, 0.1) is 6.33 Å². The number of aliphatic carboxylic acids is 1. The molecule has 0 amide bonds. The lowest BCUT2D eigenvalue weighted by molar-refractivity contribution is -0.169. The Balaban J connectivity index is 1.24. The van der Waals surface area contributed by atoms with Crippen LogP contribution in [0.15, 0.2) is 35.4 Å². The van der Waals surface area contributed by atoms with Crippen LogP contribution in [-0.2, 0) is 9.53 Å². The molecule has 220 valence electrons. The summed E-state index contributed by atoms with van der Waals surface area (Å²) >= 11 is 0. The summed E-state index contributed by atoms with van der Waals surface area (Å²) in [6.45, 7) is 5.39. The number of aromatic nitrogens is 4. The molecule has 5 N–H and O–H groups in total. The summed E-state index contributed by atoms with van der Waals surface area (Å²) in [6.07, 6.45) is -1.41. The number of nitrogen functional groups attached to an aromatic ring is 1. The van der Waals surface area contributed by atoms with Crippen LogP contribution < -0.4 is 30.2 Å². The molecule has 15 nitrogen and oxygen atoms in total. The van der Waals surface area contributed by atoms with E-state index >= 15 is 4.39 Å². The van der Waals surface area contributed by atoms with Gasteiger partial charge in [-0.3, -0.25) is 13.9 Å². The zero-order chi connectivity index (χ0) is 29.5. The molecule has 2 saturated heterocycles. The molecular formula is C24H30FN8O7P. The maximum atomic E-state index is 15.9. The Morgan fingerprint density at radius 3 is 2.66 bits per heavy atom. The second-order valence-corrected chi connectivity index (χ2v) is 11.3. The largest absolute Gasteiger partial charge is 0.574 e. The van der Waals surface area contributed by atoms with Gasteiger partial charge in [-0.2, -0.15) is 15.4 Å². The summed E-state index contributed by atoms with van der Waals surface area (Å²) in [5, 5.41) is 19.8. The maximum absolute atomic E-state index is 15.9. The first-order valence-corrected chi connectivity index (χ1v) is 13.9. The highest BCUT2D eigenvalue weighted by atomic mass is 31.1. The smallest absolute Gasteiger partial charge is 0.412 e. The van der Waals surface area contributed by atoms with Crippen LogP contribution in [0.25, 0.3) is 11.2 Å². The normalized spacial score (nSPS) is 24.9. The molecule has 2 aliphatic heterocycles. The number of hydrogen-bond acceptors (Lipinski definition) is 12. The molecule has 1 unspecified atom stereocenters. The van der Waals surface area contributed by atoms with E-state index in [1.807, 2.05) is 4.90 Å². The minimum Gasteiger partial charge on any atom is -0.574 e. The molecule has 2 aliphatic rings. The van der Waals surface area contributed by atoms with Gasteiger partial charge in [-0.1, -0.05) is 0 Å². The average molecular weight is 593 g/mol. The maximum Gasteiger partial charge on any atom is 0.412 e. The number of aliphatic hydroxyl groups is 1. The van der Waals surface area contributed by atoms with Crippen molar-refractivity contribution < 1.29 is 38.3 Å². The number of aliphatic hydroxyl groups excluding tert-OH is 1. The minimum atomic E-state index is -2.59. The predicted octanol–water partition coefficient (Wildman–Crippen LogP) is 1.29. The Kier molecular flexibility index (Phi) is 7.70. The summed E-state index contributed by atoms with van der Waals surface area (Å²) in [5.41, 5.74) is 5.35. The lowest BCUT2D eigenvalue weighted by atomic mass is 9.98. The standard InChI is InChI=1S/C24H30FN8O7P/c1-23(2,21(35)36)30-31-41(37)40-14-7-5-13(6-8-14)38-11-15-17(34)24(3,25)20(39-15)33-12-27-16-18(32-9-4-10-32)28-22(26)29-19(16)33/h5-8,12,15,17,20,30,34H,4,9-11H2,1-3H3,(H,35,36)(H2,26,28,29)/t15-,17-,20-,24-/m1/s1. The number of nitrogens with two attached hydrogens (primary N) is 1. The molecule has 17 heteroatoms. The fourth-order valence-corrected chi connectivity index (χ4v) is 4.96. The van der Waals surface area contributed by atoms with Crippen LogP contribution in [0.4, 0.5) is 16.2 Å². The van der Waals surface area contributed by atoms with Gasteiger partial charge < -0.3 is 35.2 Å². The van der Waals surface area contributed by atoms with Crippen LogP contribution in [-0.4, -0.2) is 78.8 Å². The van der Waals surface area contributed by atoms with E-state index in [0.717, 1.165) is 19.5 Å². The van der Waals surface area contributed by atoms with Crippen molar-refractivity contribution in [2.75, 3.05) is 30.3 Å². The van der Waals surface area contributed by atoms with Crippen LogP contribution in [0.3, 0.4) is 0 Å². The molecule has 3 aromatic rings. The van der Waals surface area contributed by atoms with Crippen LogP contribution in [0.1, 0.15) is 33.4 Å². The number of carboxylic acid groups (broad SMARTS) is 1. The van der Waals surface area contributed by atoms with Crippen molar-refractivity contribution in [2.24, 2.45) is 4.85 Å². The molecule has 5 atom stereocenters. The molecule has 2 aromatic heterocycles. The van der Waals surface area contributed by atoms with Crippen molar-refractivity contribution in [3.05, 3.63) is 30.6 Å². The van der Waals surface area contributed by atoms with Crippen LogP contribution in [0.5, 0.6) is 11.5 Å². The summed E-state index contributed by atoms with van der Waals surface area (Å²) in [4.78, 5) is 41.6. The van der Waals surface area contributed by atoms with Crippen LogP contribution in [0, 0.1) is 0 Å². The number of carboxylic acids is 1. The van der Waals surface area contributed by atoms with E-state index in [4.69, 9.17) is 24.8 Å². The number of rotatable bonds is 10. The van der Waals surface area contributed by atoms with Gasteiger partial charge in [-0.15, -0.1) is 0 Å². The number of imidazole rings is 1. The number of benzene rings is 1. The summed E-state index contributed by atoms with van der Waals surface area (Å²) in [7, 11) is -2.59. The molecule has 4 heterocycles. The molecule has 0 radical (unpaired) electrons. The van der Waals surface area contributed by atoms with Crippen LogP contribution >= 0.6 is 8.17 Å². The Morgan fingerprint density at radius 2 is 2.02 bits per heavy atom. The number of ether oxygens (including phenoxy) is 2. The number of halogens is 1. The average Bonchev–Trinajstić information content (AvgIpc) is 3.39. The Morgan fingerprint density at radius 1 is 1.34 bits per heavy atom. The number of carbonyl (C=O) groups is 1. The van der Waals surface area contributed by atoms with Gasteiger partial charge in [0.2, 0.25) is 5.95 Å². The molecule has 0 saturated carbocycles. The fourth-order valence-electron chi connectivity index (χ4n) is 4.29. The first-order valence-electron chi connectivity index (χ1n) is 12.7. The van der Waals surface area contributed by atoms with E-state index in [1.165, 1.54) is 55.9 Å². The molecule has 2 fully saturated rings. The Bertz CT molecular complexity index is 1460. The number of anilines is 2. The predicted molar refractivity (Wildman–Crippen MR) is 143 cm³/mol. The minimum absolute atomic E-state index is 0.0196. The highest BCUT2D eigenvalue weighted by Gasteiger charge is 2.55. The first-order chi connectivity index (χ1) is 19.4. The lowest BCUT2D eigenvalue weighted by Gasteiger charge is -2.32. The number of alkyl halides is 1. The monoisotopic (exact) mass is 592 g/mol. The number of hydrogen-bond donors (Lipinski definition) is 4. The topological polar surface area (TPSA) is 206 Å². The Hall–Kier alpha value is -3.69. The van der Waals surface area contributed by atoms with Gasteiger partial charge in [-0.05, 0) is 51.5 Å². The molecular weight excluding hydrogens is 562 g/mol. The summed E-state index contributed by atoms with van der Waals surface area (Å²) in [6, 6.07) is 5.96. The number of nitrogens with zero attached hydrogens (tertiary/aromatic N) is 6. The number of fused-ring (bicyclic) bond motifs is 1. The second-order valence-electron chi connectivity index (χ2n) is 10.4. The quantitative estimate of drug-likeness (QED) is 0.194. The lowest BCUT2D eigenvalue weighted by Crippen LogP contribution is -2.43. The van der Waals surface area contributed by atoms with E-state index in [1.54, 1.807) is 0 Å². The van der Waals surface area contributed by atoms with Gasteiger partial charge in [-0.25, -0.2) is 9.37 Å². The van der Waals surface area contributed by atoms with Crippen molar-refractivity contribution in [1.82, 2.24) is 24.9 Å². The Labute approximate surface area is 234 Å². The van der Waals surface area contributed by atoms with Crippen molar-refractivity contribution in [3.8, 4) is 11.5 Å². The fraction of sp³-hybridized carbons (Fsp3) is 0.500. The second kappa shape index (κ2) is 10.9. The van der Waals surface area contributed by atoms with E-state index in [-0.39, 0.29) is 18.3 Å². The van der Waals surface area contributed by atoms with E-state index in [9.17, 15) is 14.8 Å². The molecule has 41 heavy (non-hydrogen) atoms. The first kappa shape index (κ1) is 28.8.